The molecule has 2 aromatic carbocycles. The average molecular weight is 451 g/mol. The van der Waals surface area contributed by atoms with Crippen molar-refractivity contribution in [2.45, 2.75) is 38.6 Å². The molecular weight excluding hydrogens is 420 g/mol. The number of carboxylic acid groups (broad SMARTS) is 1. The number of nitrogens with zero attached hydrogens (tertiary/aromatic N) is 1. The molecule has 2 N–H and O–H groups in total. The molecule has 7 heteroatoms. The summed E-state index contributed by atoms with van der Waals surface area (Å²) in [6.07, 6.45) is 0.555. The summed E-state index contributed by atoms with van der Waals surface area (Å²) in [6.45, 7) is 4.54. The predicted octanol–water partition coefficient (Wildman–Crippen LogP) is 3.87. The minimum absolute atomic E-state index is 0.0604. The van der Waals surface area contributed by atoms with Crippen LogP contribution in [0.3, 0.4) is 0 Å². The Bertz CT molecular complexity index is 1000. The first-order chi connectivity index (χ1) is 15.9. The number of carboxylic acids is 1. The van der Waals surface area contributed by atoms with E-state index in [0.29, 0.717) is 19.4 Å². The maximum Gasteiger partial charge on any atom is 0.407 e. The van der Waals surface area contributed by atoms with Gasteiger partial charge in [-0.15, -0.1) is 0 Å². The van der Waals surface area contributed by atoms with Crippen LogP contribution < -0.4 is 5.32 Å². The van der Waals surface area contributed by atoms with Gasteiger partial charge in [-0.1, -0.05) is 62.4 Å². The van der Waals surface area contributed by atoms with Crippen LogP contribution in [0.4, 0.5) is 4.79 Å². The van der Waals surface area contributed by atoms with Crippen molar-refractivity contribution in [1.82, 2.24) is 10.2 Å². The van der Waals surface area contributed by atoms with Gasteiger partial charge in [0.05, 0.1) is 5.92 Å². The van der Waals surface area contributed by atoms with E-state index in [1.807, 2.05) is 38.1 Å². The van der Waals surface area contributed by atoms with Crippen molar-refractivity contribution in [3.8, 4) is 11.1 Å². The number of likely N-dealkylation sites (tertiary alicyclic amines) is 1. The van der Waals surface area contributed by atoms with E-state index in [-0.39, 0.29) is 30.9 Å². The van der Waals surface area contributed by atoms with Crippen LogP contribution >= 0.6 is 0 Å². The average Bonchev–Trinajstić information content (AvgIpc) is 3.14. The number of piperidine rings is 1. The highest BCUT2D eigenvalue weighted by atomic mass is 16.5. The highest BCUT2D eigenvalue weighted by molar-refractivity contribution is 5.86. The van der Waals surface area contributed by atoms with E-state index in [4.69, 9.17) is 4.74 Å². The number of amides is 2. The van der Waals surface area contributed by atoms with E-state index in [1.165, 1.54) is 0 Å². The first-order valence-corrected chi connectivity index (χ1v) is 11.5. The summed E-state index contributed by atoms with van der Waals surface area (Å²) in [5.41, 5.74) is 4.54. The number of rotatable bonds is 6. The number of hydrogen-bond donors (Lipinski definition) is 2. The number of fused-ring (bicyclic) bond motifs is 3. The molecule has 1 aliphatic heterocycles. The van der Waals surface area contributed by atoms with E-state index >= 15 is 0 Å². The molecule has 1 heterocycles. The number of carbonyl (C=O) groups is 3. The van der Waals surface area contributed by atoms with Crippen LogP contribution in [0.5, 0.6) is 0 Å². The van der Waals surface area contributed by atoms with Crippen LogP contribution in [0.1, 0.15) is 43.7 Å². The summed E-state index contributed by atoms with van der Waals surface area (Å²) in [5, 5.41) is 12.0. The Morgan fingerprint density at radius 1 is 1.06 bits per heavy atom. The second-order valence-corrected chi connectivity index (χ2v) is 9.15. The van der Waals surface area contributed by atoms with Gasteiger partial charge in [0.1, 0.15) is 12.6 Å². The topological polar surface area (TPSA) is 95.9 Å². The maximum atomic E-state index is 13.1. The summed E-state index contributed by atoms with van der Waals surface area (Å²) >= 11 is 0. The zero-order chi connectivity index (χ0) is 23.5. The van der Waals surface area contributed by atoms with Crippen molar-refractivity contribution in [3.05, 3.63) is 59.7 Å². The molecule has 0 unspecified atom stereocenters. The molecule has 0 bridgehead atoms. The predicted molar refractivity (Wildman–Crippen MR) is 124 cm³/mol. The number of benzene rings is 2. The molecule has 2 atom stereocenters. The van der Waals surface area contributed by atoms with Crippen LogP contribution in [0.15, 0.2) is 48.5 Å². The number of carbonyl (C=O) groups excluding carboxylic acids is 2. The van der Waals surface area contributed by atoms with Crippen LogP contribution in [0.2, 0.25) is 0 Å². The number of alkyl carbamates (subject to hydrolysis) is 1. The molecule has 4 rings (SSSR count). The number of ether oxygens (including phenoxy) is 1. The second kappa shape index (κ2) is 9.65. The molecule has 0 aromatic heterocycles. The Kier molecular flexibility index (Phi) is 6.67. The van der Waals surface area contributed by atoms with E-state index in [0.717, 1.165) is 22.3 Å². The summed E-state index contributed by atoms with van der Waals surface area (Å²) in [5.74, 6) is -1.94. The molecule has 33 heavy (non-hydrogen) atoms. The van der Waals surface area contributed by atoms with E-state index in [1.54, 1.807) is 4.90 Å². The van der Waals surface area contributed by atoms with Crippen molar-refractivity contribution in [1.29, 1.82) is 0 Å². The zero-order valence-corrected chi connectivity index (χ0v) is 19.0. The molecular formula is C26H30N2O5. The highest BCUT2D eigenvalue weighted by Crippen LogP contribution is 2.44. The lowest BCUT2D eigenvalue weighted by Crippen LogP contribution is -2.54. The van der Waals surface area contributed by atoms with Crippen LogP contribution in [0, 0.1) is 11.8 Å². The minimum Gasteiger partial charge on any atom is -0.481 e. The van der Waals surface area contributed by atoms with Crippen molar-refractivity contribution < 1.29 is 24.2 Å². The number of hydrogen-bond acceptors (Lipinski definition) is 4. The van der Waals surface area contributed by atoms with Crippen LogP contribution in [-0.2, 0) is 14.3 Å². The van der Waals surface area contributed by atoms with Crippen molar-refractivity contribution in [2.75, 3.05) is 19.7 Å². The molecule has 1 fully saturated rings. The third kappa shape index (κ3) is 4.72. The first kappa shape index (κ1) is 22.8. The second-order valence-electron chi connectivity index (χ2n) is 9.15. The normalized spacial score (nSPS) is 18.4. The molecule has 0 spiro atoms. The summed E-state index contributed by atoms with van der Waals surface area (Å²) in [7, 11) is 0. The summed E-state index contributed by atoms with van der Waals surface area (Å²) < 4.78 is 5.60. The van der Waals surface area contributed by atoms with Gasteiger partial charge in [0.25, 0.3) is 0 Å². The smallest absolute Gasteiger partial charge is 0.407 e. The van der Waals surface area contributed by atoms with E-state index < -0.39 is 24.0 Å². The third-order valence-corrected chi connectivity index (χ3v) is 6.63. The lowest BCUT2D eigenvalue weighted by molar-refractivity contribution is -0.146. The van der Waals surface area contributed by atoms with Gasteiger partial charge in [0.15, 0.2) is 0 Å². The van der Waals surface area contributed by atoms with Crippen LogP contribution in [0.25, 0.3) is 11.1 Å². The molecule has 2 amide bonds. The Balaban J connectivity index is 1.41. The molecule has 0 radical (unpaired) electrons. The first-order valence-electron chi connectivity index (χ1n) is 11.5. The van der Waals surface area contributed by atoms with Crippen molar-refractivity contribution in [2.24, 2.45) is 11.8 Å². The monoisotopic (exact) mass is 450 g/mol. The standard InChI is InChI=1S/C26H30N2O5/c1-16(2)23(24(29)28-13-7-8-17(14-28)25(30)31)27-26(32)33-15-22-20-11-5-3-9-18(20)19-10-4-6-12-21(19)22/h3-6,9-12,16-17,22-23H,7-8,13-15H2,1-2H3,(H,27,32)(H,30,31)/t17-,23-/m0/s1. The quantitative estimate of drug-likeness (QED) is 0.697. The molecule has 2 aromatic rings. The molecule has 7 nitrogen and oxygen atoms in total. The van der Waals surface area contributed by atoms with Crippen molar-refractivity contribution in [3.63, 3.8) is 0 Å². The lowest BCUT2D eigenvalue weighted by Gasteiger charge is -2.34. The molecule has 174 valence electrons. The summed E-state index contributed by atoms with van der Waals surface area (Å²) in [6, 6.07) is 15.4. The lowest BCUT2D eigenvalue weighted by atomic mass is 9.96. The highest BCUT2D eigenvalue weighted by Gasteiger charge is 2.35. The van der Waals surface area contributed by atoms with Gasteiger partial charge >= 0.3 is 12.1 Å². The van der Waals surface area contributed by atoms with Crippen molar-refractivity contribution >= 4 is 18.0 Å². The van der Waals surface area contributed by atoms with E-state index in [9.17, 15) is 19.5 Å². The Hall–Kier alpha value is -3.35. The Labute approximate surface area is 193 Å². The van der Waals surface area contributed by atoms with Crippen LogP contribution in [-0.4, -0.2) is 53.7 Å². The van der Waals surface area contributed by atoms with Gasteiger partial charge in [-0.25, -0.2) is 4.79 Å². The van der Waals surface area contributed by atoms with Gasteiger partial charge in [0.2, 0.25) is 5.91 Å². The van der Waals surface area contributed by atoms with Gasteiger partial charge in [-0.05, 0) is 41.0 Å². The molecule has 1 saturated heterocycles. The van der Waals surface area contributed by atoms with E-state index in [2.05, 4.69) is 29.6 Å². The molecule has 2 aliphatic rings. The molecule has 1 aliphatic carbocycles. The Morgan fingerprint density at radius 2 is 1.67 bits per heavy atom. The zero-order valence-electron chi connectivity index (χ0n) is 19.0. The fraction of sp³-hybridized carbons (Fsp3) is 0.423. The summed E-state index contributed by atoms with van der Waals surface area (Å²) in [4.78, 5) is 38.7. The van der Waals surface area contributed by atoms with Gasteiger partial charge < -0.3 is 20.1 Å². The Morgan fingerprint density at radius 3 is 2.24 bits per heavy atom. The molecule has 0 saturated carbocycles. The fourth-order valence-corrected chi connectivity index (χ4v) is 4.86. The largest absolute Gasteiger partial charge is 0.481 e. The number of aliphatic carboxylic acids is 1. The minimum atomic E-state index is -0.891. The van der Waals surface area contributed by atoms with Gasteiger partial charge in [0, 0.05) is 19.0 Å². The van der Waals surface area contributed by atoms with Gasteiger partial charge in [-0.3, -0.25) is 9.59 Å². The fourth-order valence-electron chi connectivity index (χ4n) is 4.86. The SMILES string of the molecule is CC(C)[C@H](NC(=O)OCC1c2ccccc2-c2ccccc21)C(=O)N1CCC[C@H](C(=O)O)C1. The van der Waals surface area contributed by atoms with Gasteiger partial charge in [-0.2, -0.15) is 0 Å². The maximum absolute atomic E-state index is 13.1. The number of nitrogens with one attached hydrogen (secondary N) is 1. The third-order valence-electron chi connectivity index (χ3n) is 6.63.